The SMILES string of the molecule is O/N=C\c1ccccc1OCc1cn2ccccc2n1. The predicted octanol–water partition coefficient (Wildman–Crippen LogP) is 2.72. The first-order chi connectivity index (χ1) is 9.86. The molecular weight excluding hydrogens is 254 g/mol. The Morgan fingerprint density at radius 3 is 2.90 bits per heavy atom. The molecule has 0 saturated heterocycles. The van der Waals surface area contributed by atoms with Gasteiger partial charge in [0, 0.05) is 18.0 Å². The molecule has 0 amide bonds. The fourth-order valence-corrected chi connectivity index (χ4v) is 1.99. The number of nitrogens with zero attached hydrogens (tertiary/aromatic N) is 3. The molecule has 0 fully saturated rings. The molecule has 0 aliphatic heterocycles. The highest BCUT2D eigenvalue weighted by Crippen LogP contribution is 2.17. The Kier molecular flexibility index (Phi) is 3.33. The first-order valence-electron chi connectivity index (χ1n) is 6.19. The largest absolute Gasteiger partial charge is 0.487 e. The molecule has 5 nitrogen and oxygen atoms in total. The van der Waals surface area contributed by atoms with Gasteiger partial charge in [0.1, 0.15) is 18.0 Å². The summed E-state index contributed by atoms with van der Waals surface area (Å²) in [6.45, 7) is 0.359. The average Bonchev–Trinajstić information content (AvgIpc) is 2.89. The third-order valence-electron chi connectivity index (χ3n) is 2.91. The van der Waals surface area contributed by atoms with E-state index in [4.69, 9.17) is 9.94 Å². The minimum absolute atomic E-state index is 0.359. The van der Waals surface area contributed by atoms with Gasteiger partial charge in [-0.15, -0.1) is 0 Å². The summed E-state index contributed by atoms with van der Waals surface area (Å²) < 4.78 is 7.67. The van der Waals surface area contributed by atoms with Crippen LogP contribution in [0.4, 0.5) is 0 Å². The van der Waals surface area contributed by atoms with Gasteiger partial charge < -0.3 is 14.3 Å². The first-order valence-corrected chi connectivity index (χ1v) is 6.19. The molecule has 20 heavy (non-hydrogen) atoms. The van der Waals surface area contributed by atoms with Crippen LogP contribution in [-0.2, 0) is 6.61 Å². The zero-order chi connectivity index (χ0) is 13.8. The number of fused-ring (bicyclic) bond motifs is 1. The smallest absolute Gasteiger partial charge is 0.137 e. The maximum atomic E-state index is 8.62. The molecule has 0 aliphatic rings. The van der Waals surface area contributed by atoms with Gasteiger partial charge in [-0.25, -0.2) is 4.98 Å². The minimum atomic E-state index is 0.359. The van der Waals surface area contributed by atoms with Crippen molar-refractivity contribution in [1.29, 1.82) is 0 Å². The summed E-state index contributed by atoms with van der Waals surface area (Å²) in [5, 5.41) is 11.7. The second-order valence-corrected chi connectivity index (χ2v) is 4.27. The molecule has 100 valence electrons. The third kappa shape index (κ3) is 2.47. The highest BCUT2D eigenvalue weighted by Gasteiger charge is 2.04. The van der Waals surface area contributed by atoms with Crippen LogP contribution in [0, 0.1) is 0 Å². The van der Waals surface area contributed by atoms with Crippen LogP contribution in [0.3, 0.4) is 0 Å². The molecule has 2 heterocycles. The van der Waals surface area contributed by atoms with Gasteiger partial charge in [-0.2, -0.15) is 0 Å². The van der Waals surface area contributed by atoms with Crippen molar-refractivity contribution in [3.05, 3.63) is 66.1 Å². The van der Waals surface area contributed by atoms with E-state index in [1.165, 1.54) is 6.21 Å². The molecule has 5 heteroatoms. The molecule has 1 aromatic carbocycles. The van der Waals surface area contributed by atoms with Crippen LogP contribution in [0.15, 0.2) is 60.0 Å². The summed E-state index contributed by atoms with van der Waals surface area (Å²) in [5.74, 6) is 0.655. The molecule has 0 spiro atoms. The Hall–Kier alpha value is -2.82. The molecule has 0 atom stereocenters. The maximum Gasteiger partial charge on any atom is 0.137 e. The van der Waals surface area contributed by atoms with Crippen LogP contribution in [0.1, 0.15) is 11.3 Å². The van der Waals surface area contributed by atoms with E-state index in [1.807, 2.05) is 59.3 Å². The average molecular weight is 267 g/mol. The summed E-state index contributed by atoms with van der Waals surface area (Å²) in [5.41, 5.74) is 2.45. The molecule has 0 aliphatic carbocycles. The van der Waals surface area contributed by atoms with Crippen molar-refractivity contribution in [2.45, 2.75) is 6.61 Å². The Morgan fingerprint density at radius 1 is 1.20 bits per heavy atom. The normalized spacial score (nSPS) is 11.2. The van der Waals surface area contributed by atoms with E-state index in [1.54, 1.807) is 0 Å². The van der Waals surface area contributed by atoms with Crippen molar-refractivity contribution in [1.82, 2.24) is 9.38 Å². The molecule has 2 aromatic heterocycles. The second-order valence-electron chi connectivity index (χ2n) is 4.27. The zero-order valence-electron chi connectivity index (χ0n) is 10.7. The lowest BCUT2D eigenvalue weighted by molar-refractivity contribution is 0.300. The van der Waals surface area contributed by atoms with Gasteiger partial charge >= 0.3 is 0 Å². The zero-order valence-corrected chi connectivity index (χ0v) is 10.7. The van der Waals surface area contributed by atoms with E-state index in [0.29, 0.717) is 12.4 Å². The quantitative estimate of drug-likeness (QED) is 0.449. The van der Waals surface area contributed by atoms with E-state index < -0.39 is 0 Å². The van der Waals surface area contributed by atoms with Crippen LogP contribution in [0.2, 0.25) is 0 Å². The Balaban J connectivity index is 1.79. The number of para-hydroxylation sites is 1. The van der Waals surface area contributed by atoms with Gasteiger partial charge in [0.15, 0.2) is 0 Å². The number of hydrogen-bond acceptors (Lipinski definition) is 4. The monoisotopic (exact) mass is 267 g/mol. The molecular formula is C15H13N3O2. The first kappa shape index (κ1) is 12.2. The predicted molar refractivity (Wildman–Crippen MR) is 75.3 cm³/mol. The van der Waals surface area contributed by atoms with Gasteiger partial charge in [-0.05, 0) is 24.3 Å². The van der Waals surface area contributed by atoms with Crippen LogP contribution in [-0.4, -0.2) is 20.8 Å². The van der Waals surface area contributed by atoms with Crippen LogP contribution < -0.4 is 4.74 Å². The van der Waals surface area contributed by atoms with Crippen molar-refractivity contribution in [2.75, 3.05) is 0 Å². The molecule has 3 aromatic rings. The van der Waals surface area contributed by atoms with Crippen LogP contribution in [0.25, 0.3) is 5.65 Å². The van der Waals surface area contributed by atoms with Gasteiger partial charge in [-0.3, -0.25) is 0 Å². The minimum Gasteiger partial charge on any atom is -0.487 e. The highest BCUT2D eigenvalue weighted by atomic mass is 16.5. The number of benzene rings is 1. The van der Waals surface area contributed by atoms with E-state index in [2.05, 4.69) is 10.1 Å². The number of imidazole rings is 1. The standard InChI is InChI=1S/C15H13N3O2/c19-16-9-12-5-1-2-6-14(12)20-11-13-10-18-8-4-3-7-15(18)17-13/h1-10,19H,11H2/b16-9-. The van der Waals surface area contributed by atoms with Crippen molar-refractivity contribution < 1.29 is 9.94 Å². The molecule has 0 saturated carbocycles. The number of hydrogen-bond donors (Lipinski definition) is 1. The Bertz CT molecular complexity index is 716. The number of ether oxygens (including phenoxy) is 1. The topological polar surface area (TPSA) is 59.1 Å². The van der Waals surface area contributed by atoms with Gasteiger partial charge in [0.2, 0.25) is 0 Å². The lowest BCUT2D eigenvalue weighted by Crippen LogP contribution is -1.98. The molecule has 0 unspecified atom stereocenters. The van der Waals surface area contributed by atoms with Crippen molar-refractivity contribution in [3.63, 3.8) is 0 Å². The third-order valence-corrected chi connectivity index (χ3v) is 2.91. The maximum absolute atomic E-state index is 8.62. The summed E-state index contributed by atoms with van der Waals surface area (Å²) in [6, 6.07) is 13.2. The lowest BCUT2D eigenvalue weighted by atomic mass is 10.2. The fraction of sp³-hybridized carbons (Fsp3) is 0.0667. The Labute approximate surface area is 115 Å². The molecule has 0 radical (unpaired) electrons. The Morgan fingerprint density at radius 2 is 2.05 bits per heavy atom. The van der Waals surface area contributed by atoms with Crippen molar-refractivity contribution >= 4 is 11.9 Å². The molecule has 3 rings (SSSR count). The van der Waals surface area contributed by atoms with Crippen molar-refractivity contribution in [3.8, 4) is 5.75 Å². The van der Waals surface area contributed by atoms with Gasteiger partial charge in [-0.1, -0.05) is 23.4 Å². The fourth-order valence-electron chi connectivity index (χ4n) is 1.99. The van der Waals surface area contributed by atoms with Crippen LogP contribution in [0.5, 0.6) is 5.75 Å². The highest BCUT2D eigenvalue weighted by molar-refractivity contribution is 5.82. The number of pyridine rings is 1. The van der Waals surface area contributed by atoms with Gasteiger partial charge in [0.25, 0.3) is 0 Å². The lowest BCUT2D eigenvalue weighted by Gasteiger charge is -2.06. The number of rotatable bonds is 4. The van der Waals surface area contributed by atoms with Crippen molar-refractivity contribution in [2.24, 2.45) is 5.16 Å². The number of aromatic nitrogens is 2. The van der Waals surface area contributed by atoms with E-state index in [9.17, 15) is 0 Å². The number of oxime groups is 1. The van der Waals surface area contributed by atoms with E-state index >= 15 is 0 Å². The summed E-state index contributed by atoms with van der Waals surface area (Å²) in [7, 11) is 0. The van der Waals surface area contributed by atoms with E-state index in [0.717, 1.165) is 16.9 Å². The molecule has 1 N–H and O–H groups in total. The summed E-state index contributed by atoms with van der Waals surface area (Å²) in [6.07, 6.45) is 5.22. The van der Waals surface area contributed by atoms with Crippen LogP contribution >= 0.6 is 0 Å². The van der Waals surface area contributed by atoms with E-state index in [-0.39, 0.29) is 0 Å². The second kappa shape index (κ2) is 5.44. The van der Waals surface area contributed by atoms with Gasteiger partial charge in [0.05, 0.1) is 11.9 Å². The summed E-state index contributed by atoms with van der Waals surface area (Å²) in [4.78, 5) is 4.46. The molecule has 0 bridgehead atoms. The summed E-state index contributed by atoms with van der Waals surface area (Å²) >= 11 is 0.